The highest BCUT2D eigenvalue weighted by molar-refractivity contribution is 5.67. The Kier molecular flexibility index (Phi) is 4.08. The van der Waals surface area contributed by atoms with E-state index < -0.39 is 5.60 Å². The lowest BCUT2D eigenvalue weighted by atomic mass is 9.47. The highest BCUT2D eigenvalue weighted by Gasteiger charge is 2.65. The average Bonchev–Trinajstić information content (AvgIpc) is 2.88. The molecule has 0 saturated heterocycles. The molecule has 3 saturated carbocycles. The van der Waals surface area contributed by atoms with E-state index in [0.717, 1.165) is 51.4 Å². The van der Waals surface area contributed by atoms with Crippen LogP contribution in [0.1, 0.15) is 72.1 Å². The predicted octanol–water partition coefficient (Wildman–Crippen LogP) is 4.25. The minimum absolute atomic E-state index is 0.121. The molecule has 142 valence electrons. The first-order valence-corrected chi connectivity index (χ1v) is 10.3. The molecule has 0 aromatic heterocycles. The molecule has 1 N–H and O–H groups in total. The van der Waals surface area contributed by atoms with Crippen molar-refractivity contribution in [3.8, 4) is 12.3 Å². The molecule has 26 heavy (non-hydrogen) atoms. The second kappa shape index (κ2) is 5.86. The van der Waals surface area contributed by atoms with Crippen molar-refractivity contribution in [2.75, 3.05) is 0 Å². The summed E-state index contributed by atoms with van der Waals surface area (Å²) < 4.78 is 5.82. The minimum atomic E-state index is -0.734. The molecule has 3 nitrogen and oxygen atoms in total. The molecule has 3 heteroatoms. The lowest BCUT2D eigenvalue weighted by molar-refractivity contribution is -0.168. The third-order valence-corrected chi connectivity index (χ3v) is 8.75. The number of carbonyl (C=O) groups is 1. The Bertz CT molecular complexity index is 688. The van der Waals surface area contributed by atoms with Gasteiger partial charge in [-0.25, -0.2) is 0 Å². The van der Waals surface area contributed by atoms with Crippen LogP contribution in [-0.2, 0) is 9.53 Å². The van der Waals surface area contributed by atoms with E-state index in [2.05, 4.69) is 25.8 Å². The highest BCUT2D eigenvalue weighted by atomic mass is 16.6. The van der Waals surface area contributed by atoms with Gasteiger partial charge < -0.3 is 9.84 Å². The van der Waals surface area contributed by atoms with E-state index in [1.54, 1.807) is 0 Å². The van der Waals surface area contributed by atoms with Crippen molar-refractivity contribution >= 4 is 5.97 Å². The van der Waals surface area contributed by atoms with Crippen molar-refractivity contribution in [2.45, 2.75) is 83.8 Å². The van der Waals surface area contributed by atoms with Gasteiger partial charge in [0.05, 0.1) is 6.10 Å². The number of allylic oxidation sites excluding steroid dienone is 1. The monoisotopic (exact) mass is 356 g/mol. The number of hydrogen-bond acceptors (Lipinski definition) is 3. The van der Waals surface area contributed by atoms with Gasteiger partial charge in [0.25, 0.3) is 0 Å². The molecule has 4 aliphatic rings. The summed E-state index contributed by atoms with van der Waals surface area (Å²) in [6, 6.07) is 0. The lowest BCUT2D eigenvalue weighted by Crippen LogP contribution is -2.55. The van der Waals surface area contributed by atoms with Crippen LogP contribution in [0.25, 0.3) is 0 Å². The van der Waals surface area contributed by atoms with Crippen molar-refractivity contribution in [2.24, 2.45) is 28.6 Å². The third-order valence-electron chi connectivity index (χ3n) is 8.75. The Morgan fingerprint density at radius 3 is 2.65 bits per heavy atom. The summed E-state index contributed by atoms with van der Waals surface area (Å²) in [5, 5.41) is 10.1. The summed E-state index contributed by atoms with van der Waals surface area (Å²) in [7, 11) is 0. The van der Waals surface area contributed by atoms with Crippen LogP contribution in [-0.4, -0.2) is 22.8 Å². The average molecular weight is 357 g/mol. The summed E-state index contributed by atoms with van der Waals surface area (Å²) >= 11 is 0. The Morgan fingerprint density at radius 2 is 1.96 bits per heavy atom. The van der Waals surface area contributed by atoms with Gasteiger partial charge in [-0.3, -0.25) is 4.79 Å². The number of aliphatic hydroxyl groups is 1. The second-order valence-corrected chi connectivity index (χ2v) is 9.72. The molecule has 4 rings (SSSR count). The summed E-state index contributed by atoms with van der Waals surface area (Å²) in [5.74, 6) is 4.46. The maximum atomic E-state index is 11.8. The van der Waals surface area contributed by atoms with Crippen LogP contribution in [0.15, 0.2) is 11.6 Å². The molecule has 0 aromatic rings. The van der Waals surface area contributed by atoms with Gasteiger partial charge in [-0.2, -0.15) is 0 Å². The standard InChI is InChI=1S/C23H32O3/c1-5-23(26-15(2)24)13-10-20-18-7-6-16-14-17(25)8-11-21(16,3)19(18)9-12-22(20,23)4/h1,6,17-20,25H,7-14H2,2-4H3/t17-,18?,19?,20?,21+,22+,23+/m1/s1. The zero-order chi connectivity index (χ0) is 18.7. The van der Waals surface area contributed by atoms with Gasteiger partial charge in [-0.1, -0.05) is 31.4 Å². The van der Waals surface area contributed by atoms with Gasteiger partial charge in [0.2, 0.25) is 0 Å². The van der Waals surface area contributed by atoms with E-state index >= 15 is 0 Å². The smallest absolute Gasteiger partial charge is 0.304 e. The number of fused-ring (bicyclic) bond motifs is 5. The maximum absolute atomic E-state index is 11.8. The van der Waals surface area contributed by atoms with Crippen LogP contribution in [0.5, 0.6) is 0 Å². The molecule has 3 unspecified atom stereocenters. The van der Waals surface area contributed by atoms with Crippen molar-refractivity contribution in [1.82, 2.24) is 0 Å². The van der Waals surface area contributed by atoms with Gasteiger partial charge in [0.1, 0.15) is 0 Å². The Morgan fingerprint density at radius 1 is 1.23 bits per heavy atom. The summed E-state index contributed by atoms with van der Waals surface area (Å²) in [5.41, 5.74) is 0.862. The van der Waals surface area contributed by atoms with E-state index in [0.29, 0.717) is 17.8 Å². The Labute approximate surface area is 157 Å². The topological polar surface area (TPSA) is 46.5 Å². The predicted molar refractivity (Wildman–Crippen MR) is 101 cm³/mol. The normalized spacial score (nSPS) is 49.9. The second-order valence-electron chi connectivity index (χ2n) is 9.72. The van der Waals surface area contributed by atoms with Gasteiger partial charge in [0, 0.05) is 12.3 Å². The van der Waals surface area contributed by atoms with Crippen molar-refractivity contribution in [3.05, 3.63) is 11.6 Å². The quantitative estimate of drug-likeness (QED) is 0.434. The van der Waals surface area contributed by atoms with Gasteiger partial charge in [-0.15, -0.1) is 6.42 Å². The first-order chi connectivity index (χ1) is 12.3. The maximum Gasteiger partial charge on any atom is 0.304 e. The third kappa shape index (κ3) is 2.27. The van der Waals surface area contributed by atoms with E-state index in [1.807, 2.05) is 0 Å². The number of ether oxygens (including phenoxy) is 1. The van der Waals surface area contributed by atoms with E-state index in [1.165, 1.54) is 12.5 Å². The van der Waals surface area contributed by atoms with E-state index in [-0.39, 0.29) is 22.9 Å². The van der Waals surface area contributed by atoms with Crippen molar-refractivity contribution in [3.63, 3.8) is 0 Å². The number of terminal acetylenes is 1. The molecule has 0 bridgehead atoms. The highest BCUT2D eigenvalue weighted by Crippen LogP contribution is 2.67. The largest absolute Gasteiger partial charge is 0.445 e. The van der Waals surface area contributed by atoms with Crippen LogP contribution in [0, 0.1) is 40.9 Å². The number of carbonyl (C=O) groups excluding carboxylic acids is 1. The number of esters is 1. The SMILES string of the molecule is C#C[C@]1(OC(C)=O)CCC2C3CC=C4C[C@H](O)CC[C@]4(C)C3CC[C@@]21C. The molecule has 0 spiro atoms. The van der Waals surface area contributed by atoms with Crippen molar-refractivity contribution in [1.29, 1.82) is 0 Å². The molecular formula is C23H32O3. The number of aliphatic hydroxyl groups excluding tert-OH is 1. The molecule has 0 aliphatic heterocycles. The van der Waals surface area contributed by atoms with E-state index in [4.69, 9.17) is 11.2 Å². The van der Waals surface area contributed by atoms with Gasteiger partial charge in [0.15, 0.2) is 5.60 Å². The fraction of sp³-hybridized carbons (Fsp3) is 0.783. The molecule has 0 heterocycles. The lowest BCUT2D eigenvalue weighted by Gasteiger charge is -2.58. The molecule has 0 radical (unpaired) electrons. The summed E-state index contributed by atoms with van der Waals surface area (Å²) in [6.45, 7) is 6.18. The van der Waals surface area contributed by atoms with Gasteiger partial charge >= 0.3 is 5.97 Å². The van der Waals surface area contributed by atoms with Crippen LogP contribution < -0.4 is 0 Å². The zero-order valence-corrected chi connectivity index (χ0v) is 16.4. The molecule has 4 aliphatic carbocycles. The Balaban J connectivity index is 1.68. The van der Waals surface area contributed by atoms with Crippen LogP contribution in [0.3, 0.4) is 0 Å². The molecule has 0 amide bonds. The molecule has 7 atom stereocenters. The summed E-state index contributed by atoms with van der Waals surface area (Å²) in [6.07, 6.45) is 16.2. The first kappa shape index (κ1) is 18.1. The fourth-order valence-corrected chi connectivity index (χ4v) is 7.32. The Hall–Kier alpha value is -1.27. The number of hydrogen-bond donors (Lipinski definition) is 1. The summed E-state index contributed by atoms with van der Waals surface area (Å²) in [4.78, 5) is 11.8. The molecule has 0 aromatic carbocycles. The molecular weight excluding hydrogens is 324 g/mol. The number of rotatable bonds is 1. The minimum Gasteiger partial charge on any atom is -0.445 e. The van der Waals surface area contributed by atoms with Crippen LogP contribution in [0.4, 0.5) is 0 Å². The first-order valence-electron chi connectivity index (χ1n) is 10.3. The van der Waals surface area contributed by atoms with Crippen molar-refractivity contribution < 1.29 is 14.6 Å². The molecule has 3 fully saturated rings. The van der Waals surface area contributed by atoms with Crippen LogP contribution >= 0.6 is 0 Å². The van der Waals surface area contributed by atoms with Crippen LogP contribution in [0.2, 0.25) is 0 Å². The zero-order valence-electron chi connectivity index (χ0n) is 16.4. The van der Waals surface area contributed by atoms with Gasteiger partial charge in [-0.05, 0) is 74.5 Å². The fourth-order valence-electron chi connectivity index (χ4n) is 7.32. The van der Waals surface area contributed by atoms with E-state index in [9.17, 15) is 9.90 Å².